The lowest BCUT2D eigenvalue weighted by molar-refractivity contribution is 0.0503. The summed E-state index contributed by atoms with van der Waals surface area (Å²) in [5.74, 6) is 0.439. The minimum Gasteiger partial charge on any atom is -0.444 e. The molecule has 1 heterocycles. The second-order valence-corrected chi connectivity index (χ2v) is 8.05. The summed E-state index contributed by atoms with van der Waals surface area (Å²) < 4.78 is 5.38. The molecular weight excluding hydrogens is 380 g/mol. The maximum atomic E-state index is 12.1. The number of hydrogen-bond acceptors (Lipinski definition) is 7. The van der Waals surface area contributed by atoms with E-state index in [0.29, 0.717) is 11.6 Å². The van der Waals surface area contributed by atoms with Gasteiger partial charge in [0, 0.05) is 31.2 Å². The van der Waals surface area contributed by atoms with E-state index in [2.05, 4.69) is 31.7 Å². The predicted molar refractivity (Wildman–Crippen MR) is 118 cm³/mol. The Kier molecular flexibility index (Phi) is 6.34. The van der Waals surface area contributed by atoms with Crippen molar-refractivity contribution in [2.75, 3.05) is 12.4 Å². The summed E-state index contributed by atoms with van der Waals surface area (Å²) in [6, 6.07) is 7.98. The highest BCUT2D eigenvalue weighted by Gasteiger charge is 2.26. The van der Waals surface area contributed by atoms with Crippen LogP contribution in [-0.2, 0) is 11.2 Å². The summed E-state index contributed by atoms with van der Waals surface area (Å²) in [6.07, 6.45) is 6.04. The molecule has 1 amide bonds. The molecule has 1 unspecified atom stereocenters. The summed E-state index contributed by atoms with van der Waals surface area (Å²) in [5, 5.41) is 6.02. The molecule has 1 aromatic carbocycles. The zero-order valence-electron chi connectivity index (χ0n) is 17.8. The normalized spacial score (nSPS) is 16.4. The summed E-state index contributed by atoms with van der Waals surface area (Å²) in [7, 11) is 1.66. The van der Waals surface area contributed by atoms with Crippen molar-refractivity contribution in [1.82, 2.24) is 15.3 Å². The first-order valence-corrected chi connectivity index (χ1v) is 9.86. The van der Waals surface area contributed by atoms with Gasteiger partial charge in [-0.05, 0) is 56.9 Å². The molecule has 3 rings (SSSR count). The van der Waals surface area contributed by atoms with Gasteiger partial charge >= 0.3 is 6.09 Å². The number of fused-ring (bicyclic) bond motifs is 1. The van der Waals surface area contributed by atoms with Gasteiger partial charge in [0.15, 0.2) is 0 Å². The quantitative estimate of drug-likeness (QED) is 0.652. The number of nitrogens with two attached hydrogens (primary N) is 1. The summed E-state index contributed by atoms with van der Waals surface area (Å²) in [4.78, 5) is 24.9. The van der Waals surface area contributed by atoms with Crippen LogP contribution in [-0.4, -0.2) is 34.9 Å². The molecule has 0 fully saturated rings. The van der Waals surface area contributed by atoms with Crippen LogP contribution in [0.15, 0.2) is 47.4 Å². The van der Waals surface area contributed by atoms with Crippen LogP contribution in [0.4, 0.5) is 10.7 Å². The molecule has 1 aromatic heterocycles. The molecule has 1 atom stereocenters. The van der Waals surface area contributed by atoms with E-state index in [9.17, 15) is 4.79 Å². The number of allylic oxidation sites excluding steroid dienone is 1. The molecule has 0 spiro atoms. The number of amides is 1. The SMILES string of the molecule is CN=CC(=CN)Nc1nccc(-c2ccc3c(c2)CCC3NC(=O)OC(C)(C)C)n1. The Morgan fingerprint density at radius 1 is 1.33 bits per heavy atom. The number of carbonyl (C=O) groups excluding carboxylic acids is 1. The van der Waals surface area contributed by atoms with Gasteiger partial charge in [-0.25, -0.2) is 14.8 Å². The number of ether oxygens (including phenoxy) is 1. The molecule has 1 aliphatic carbocycles. The number of aromatic nitrogens is 2. The topological polar surface area (TPSA) is 115 Å². The molecule has 8 heteroatoms. The first-order chi connectivity index (χ1) is 14.3. The highest BCUT2D eigenvalue weighted by atomic mass is 16.6. The highest BCUT2D eigenvalue weighted by Crippen LogP contribution is 2.34. The number of anilines is 1. The van der Waals surface area contributed by atoms with Crippen molar-refractivity contribution < 1.29 is 9.53 Å². The zero-order valence-corrected chi connectivity index (χ0v) is 17.8. The van der Waals surface area contributed by atoms with Crippen LogP contribution in [0.1, 0.15) is 44.4 Å². The molecule has 0 radical (unpaired) electrons. The minimum atomic E-state index is -0.518. The van der Waals surface area contributed by atoms with Gasteiger partial charge in [-0.2, -0.15) is 0 Å². The molecule has 4 N–H and O–H groups in total. The van der Waals surface area contributed by atoms with Crippen LogP contribution < -0.4 is 16.4 Å². The summed E-state index contributed by atoms with van der Waals surface area (Å²) in [5.41, 5.74) is 9.77. The average Bonchev–Trinajstić information content (AvgIpc) is 3.08. The fraction of sp³-hybridized carbons (Fsp3) is 0.364. The lowest BCUT2D eigenvalue weighted by atomic mass is 10.0. The number of hydrogen-bond donors (Lipinski definition) is 3. The molecule has 0 bridgehead atoms. The summed E-state index contributed by atoms with van der Waals surface area (Å²) >= 11 is 0. The molecule has 8 nitrogen and oxygen atoms in total. The maximum absolute atomic E-state index is 12.1. The molecule has 30 heavy (non-hydrogen) atoms. The second kappa shape index (κ2) is 8.94. The van der Waals surface area contributed by atoms with E-state index in [1.807, 2.05) is 39.0 Å². The number of aliphatic imine (C=N–C) groups is 1. The standard InChI is InChI=1S/C22H28N6O2/c1-22(2,3)30-21(29)28-19-8-6-14-11-15(5-7-17(14)19)18-9-10-25-20(27-18)26-16(12-23)13-24-4/h5,7,9-13,19H,6,8,23H2,1-4H3,(H,28,29)(H,25,26,27). The van der Waals surface area contributed by atoms with E-state index in [4.69, 9.17) is 10.5 Å². The zero-order chi connectivity index (χ0) is 21.7. The van der Waals surface area contributed by atoms with Crippen molar-refractivity contribution in [1.29, 1.82) is 0 Å². The first kappa shape index (κ1) is 21.3. The second-order valence-electron chi connectivity index (χ2n) is 8.05. The van der Waals surface area contributed by atoms with Crippen LogP contribution in [0.25, 0.3) is 11.3 Å². The van der Waals surface area contributed by atoms with Crippen LogP contribution in [0.3, 0.4) is 0 Å². The fourth-order valence-corrected chi connectivity index (χ4v) is 3.34. The molecule has 0 aliphatic heterocycles. The van der Waals surface area contributed by atoms with Crippen molar-refractivity contribution in [3.8, 4) is 11.3 Å². The summed E-state index contributed by atoms with van der Waals surface area (Å²) in [6.45, 7) is 5.56. The maximum Gasteiger partial charge on any atom is 0.408 e. The van der Waals surface area contributed by atoms with Gasteiger partial charge in [-0.1, -0.05) is 12.1 Å². The fourth-order valence-electron chi connectivity index (χ4n) is 3.34. The third-order valence-electron chi connectivity index (χ3n) is 4.57. The molecule has 158 valence electrons. The Balaban J connectivity index is 1.76. The van der Waals surface area contributed by atoms with Crippen molar-refractivity contribution in [2.24, 2.45) is 10.7 Å². The number of benzene rings is 1. The van der Waals surface area contributed by atoms with Gasteiger partial charge in [-0.3, -0.25) is 4.99 Å². The number of nitrogens with zero attached hydrogens (tertiary/aromatic N) is 3. The van der Waals surface area contributed by atoms with E-state index < -0.39 is 11.7 Å². The molecule has 0 saturated carbocycles. The number of rotatable bonds is 5. The van der Waals surface area contributed by atoms with Gasteiger partial charge in [0.2, 0.25) is 5.95 Å². The van der Waals surface area contributed by atoms with Gasteiger partial charge in [0.05, 0.1) is 17.4 Å². The largest absolute Gasteiger partial charge is 0.444 e. The van der Waals surface area contributed by atoms with Gasteiger partial charge in [0.25, 0.3) is 0 Å². The van der Waals surface area contributed by atoms with Gasteiger partial charge in [-0.15, -0.1) is 0 Å². The lowest BCUT2D eigenvalue weighted by Crippen LogP contribution is -2.34. The Morgan fingerprint density at radius 3 is 2.83 bits per heavy atom. The van der Waals surface area contributed by atoms with Crippen molar-refractivity contribution >= 4 is 18.3 Å². The van der Waals surface area contributed by atoms with Crippen molar-refractivity contribution in [3.05, 3.63) is 53.5 Å². The van der Waals surface area contributed by atoms with Crippen LogP contribution in [0.5, 0.6) is 0 Å². The van der Waals surface area contributed by atoms with Gasteiger partial charge in [0.1, 0.15) is 5.60 Å². The van der Waals surface area contributed by atoms with Crippen LogP contribution in [0.2, 0.25) is 0 Å². The Bertz CT molecular complexity index is 978. The van der Waals surface area contributed by atoms with E-state index in [0.717, 1.165) is 29.7 Å². The van der Waals surface area contributed by atoms with Crippen molar-refractivity contribution in [3.63, 3.8) is 0 Å². The Morgan fingerprint density at radius 2 is 2.13 bits per heavy atom. The van der Waals surface area contributed by atoms with Gasteiger partial charge < -0.3 is 21.1 Å². The van der Waals surface area contributed by atoms with E-state index in [1.165, 1.54) is 11.8 Å². The van der Waals surface area contributed by atoms with Crippen LogP contribution in [0, 0.1) is 0 Å². The minimum absolute atomic E-state index is 0.0443. The van der Waals surface area contributed by atoms with Crippen LogP contribution >= 0.6 is 0 Å². The number of carbonyl (C=O) groups is 1. The predicted octanol–water partition coefficient (Wildman–Crippen LogP) is 3.57. The number of aryl methyl sites for hydroxylation is 1. The molecule has 2 aromatic rings. The van der Waals surface area contributed by atoms with Crippen molar-refractivity contribution in [2.45, 2.75) is 45.3 Å². The molecule has 1 aliphatic rings. The third kappa shape index (κ3) is 5.34. The monoisotopic (exact) mass is 408 g/mol. The average molecular weight is 409 g/mol. The Hall–Kier alpha value is -3.42. The number of alkyl carbamates (subject to hydrolysis) is 1. The smallest absolute Gasteiger partial charge is 0.408 e. The van der Waals surface area contributed by atoms with E-state index >= 15 is 0 Å². The molecular formula is C22H28N6O2. The number of nitrogens with one attached hydrogen (secondary N) is 2. The lowest BCUT2D eigenvalue weighted by Gasteiger charge is -2.22. The highest BCUT2D eigenvalue weighted by molar-refractivity contribution is 5.82. The van der Waals surface area contributed by atoms with E-state index in [1.54, 1.807) is 19.5 Å². The molecule has 0 saturated heterocycles. The first-order valence-electron chi connectivity index (χ1n) is 9.86. The van der Waals surface area contributed by atoms with E-state index in [-0.39, 0.29) is 6.04 Å². The Labute approximate surface area is 176 Å². The third-order valence-corrected chi connectivity index (χ3v) is 4.57.